The number of hydrogen-bond acceptors (Lipinski definition) is 4. The van der Waals surface area contributed by atoms with Crippen LogP contribution in [-0.2, 0) is 0 Å². The van der Waals surface area contributed by atoms with E-state index in [1.165, 1.54) is 0 Å². The van der Waals surface area contributed by atoms with Gasteiger partial charge in [-0.15, -0.1) is 0 Å². The molecular formula is C10H13N5. The minimum atomic E-state index is 0.708. The summed E-state index contributed by atoms with van der Waals surface area (Å²) in [6.45, 7) is 5.70. The van der Waals surface area contributed by atoms with Gasteiger partial charge in [-0.1, -0.05) is 0 Å². The Morgan fingerprint density at radius 3 is 2.27 bits per heavy atom. The van der Waals surface area contributed by atoms with Gasteiger partial charge in [0.05, 0.1) is 22.8 Å². The molecule has 5 heteroatoms. The Hall–Kier alpha value is -1.91. The van der Waals surface area contributed by atoms with Crippen molar-refractivity contribution in [2.24, 2.45) is 0 Å². The lowest BCUT2D eigenvalue weighted by atomic mass is 10.3. The highest BCUT2D eigenvalue weighted by molar-refractivity contribution is 5.49. The Kier molecular flexibility index (Phi) is 2.15. The van der Waals surface area contributed by atoms with Gasteiger partial charge in [0.25, 0.3) is 0 Å². The topological polar surface area (TPSA) is 69.6 Å². The van der Waals surface area contributed by atoms with E-state index in [0.717, 1.165) is 22.9 Å². The van der Waals surface area contributed by atoms with Crippen LogP contribution < -0.4 is 5.73 Å². The van der Waals surface area contributed by atoms with Crippen molar-refractivity contribution in [1.29, 1.82) is 0 Å². The van der Waals surface area contributed by atoms with E-state index in [0.29, 0.717) is 5.69 Å². The Morgan fingerprint density at radius 1 is 1.07 bits per heavy atom. The normalized spacial score (nSPS) is 10.6. The molecule has 0 saturated heterocycles. The lowest BCUT2D eigenvalue weighted by Crippen LogP contribution is -2.05. The molecule has 78 valence electrons. The van der Waals surface area contributed by atoms with Crippen molar-refractivity contribution in [3.8, 4) is 5.82 Å². The van der Waals surface area contributed by atoms with Crippen LogP contribution in [0.25, 0.3) is 5.82 Å². The molecule has 0 aliphatic heterocycles. The number of nitrogens with two attached hydrogens (primary N) is 1. The number of nitrogen functional groups attached to an aromatic ring is 1. The highest BCUT2D eigenvalue weighted by Gasteiger charge is 2.12. The zero-order valence-corrected chi connectivity index (χ0v) is 9.02. The summed E-state index contributed by atoms with van der Waals surface area (Å²) in [5.74, 6) is 0.731. The lowest BCUT2D eigenvalue weighted by molar-refractivity contribution is 0.788. The van der Waals surface area contributed by atoms with Crippen molar-refractivity contribution in [2.75, 3.05) is 5.73 Å². The summed E-state index contributed by atoms with van der Waals surface area (Å²) < 4.78 is 1.73. The first-order valence-electron chi connectivity index (χ1n) is 4.71. The summed E-state index contributed by atoms with van der Waals surface area (Å²) in [6, 6.07) is 0. The average molecular weight is 203 g/mol. The van der Waals surface area contributed by atoms with Gasteiger partial charge in [-0.05, 0) is 20.8 Å². The third-order valence-electron chi connectivity index (χ3n) is 2.40. The molecule has 0 aliphatic rings. The first kappa shape index (κ1) is 9.64. The second-order valence-electron chi connectivity index (χ2n) is 3.46. The third-order valence-corrected chi connectivity index (χ3v) is 2.40. The van der Waals surface area contributed by atoms with Crippen molar-refractivity contribution in [3.05, 3.63) is 29.5 Å². The molecule has 2 heterocycles. The Bertz CT molecular complexity index is 501. The molecule has 0 saturated carbocycles. The molecule has 0 atom stereocenters. The summed E-state index contributed by atoms with van der Waals surface area (Å²) in [5, 5.41) is 4.33. The van der Waals surface area contributed by atoms with Crippen LogP contribution in [-0.4, -0.2) is 19.7 Å². The first-order valence-corrected chi connectivity index (χ1v) is 4.71. The zero-order valence-electron chi connectivity index (χ0n) is 9.02. The number of rotatable bonds is 1. The number of hydrogen-bond donors (Lipinski definition) is 1. The maximum Gasteiger partial charge on any atom is 0.175 e. The van der Waals surface area contributed by atoms with Crippen molar-refractivity contribution in [1.82, 2.24) is 19.7 Å². The number of aromatic nitrogens is 4. The number of nitrogens with zero attached hydrogens (tertiary/aromatic N) is 4. The van der Waals surface area contributed by atoms with E-state index in [1.807, 2.05) is 20.8 Å². The maximum absolute atomic E-state index is 5.86. The van der Waals surface area contributed by atoms with E-state index < -0.39 is 0 Å². The standard InChI is InChI=1S/C10H13N5/c1-6-9(11)8(3)15(14-6)10-7(2)12-4-5-13-10/h4-5H,11H2,1-3H3. The van der Waals surface area contributed by atoms with Crippen molar-refractivity contribution in [3.63, 3.8) is 0 Å². The van der Waals surface area contributed by atoms with Crippen molar-refractivity contribution in [2.45, 2.75) is 20.8 Å². The maximum atomic E-state index is 5.86. The van der Waals surface area contributed by atoms with Gasteiger partial charge in [-0.3, -0.25) is 4.98 Å². The Balaban J connectivity index is 2.65. The molecule has 0 aliphatic carbocycles. The minimum Gasteiger partial charge on any atom is -0.396 e. The molecule has 0 spiro atoms. The molecular weight excluding hydrogens is 190 g/mol. The summed E-state index contributed by atoms with van der Waals surface area (Å²) in [5.41, 5.74) is 9.12. The van der Waals surface area contributed by atoms with Gasteiger partial charge in [0, 0.05) is 12.4 Å². The predicted molar refractivity (Wildman–Crippen MR) is 57.8 cm³/mol. The summed E-state index contributed by atoms with van der Waals surface area (Å²) in [4.78, 5) is 8.42. The fourth-order valence-corrected chi connectivity index (χ4v) is 1.47. The van der Waals surface area contributed by atoms with E-state index >= 15 is 0 Å². The molecule has 0 fully saturated rings. The first-order chi connectivity index (χ1) is 7.11. The van der Waals surface area contributed by atoms with E-state index in [4.69, 9.17) is 5.73 Å². The van der Waals surface area contributed by atoms with Crippen LogP contribution in [0.5, 0.6) is 0 Å². The second-order valence-corrected chi connectivity index (χ2v) is 3.46. The number of aryl methyl sites for hydroxylation is 2. The van der Waals surface area contributed by atoms with Crippen LogP contribution in [0.4, 0.5) is 5.69 Å². The SMILES string of the molecule is Cc1nccnc1-n1nc(C)c(N)c1C. The quantitative estimate of drug-likeness (QED) is 0.755. The molecule has 0 bridgehead atoms. The summed E-state index contributed by atoms with van der Waals surface area (Å²) >= 11 is 0. The fourth-order valence-electron chi connectivity index (χ4n) is 1.47. The summed E-state index contributed by atoms with van der Waals surface area (Å²) in [6.07, 6.45) is 3.31. The fraction of sp³-hybridized carbons (Fsp3) is 0.300. The van der Waals surface area contributed by atoms with Gasteiger partial charge < -0.3 is 5.73 Å². The molecule has 0 aromatic carbocycles. The van der Waals surface area contributed by atoms with Gasteiger partial charge in [-0.25, -0.2) is 9.67 Å². The van der Waals surface area contributed by atoms with E-state index in [-0.39, 0.29) is 0 Å². The van der Waals surface area contributed by atoms with Crippen LogP contribution in [0.15, 0.2) is 12.4 Å². The molecule has 15 heavy (non-hydrogen) atoms. The van der Waals surface area contributed by atoms with Crippen molar-refractivity contribution >= 4 is 5.69 Å². The molecule has 2 N–H and O–H groups in total. The Labute approximate surface area is 88.0 Å². The monoisotopic (exact) mass is 203 g/mol. The molecule has 0 unspecified atom stereocenters. The van der Waals surface area contributed by atoms with E-state index in [2.05, 4.69) is 15.1 Å². The second kappa shape index (κ2) is 3.34. The van der Waals surface area contributed by atoms with Crippen LogP contribution >= 0.6 is 0 Å². The molecule has 0 radical (unpaired) electrons. The smallest absolute Gasteiger partial charge is 0.175 e. The van der Waals surface area contributed by atoms with Crippen LogP contribution in [0.2, 0.25) is 0 Å². The Morgan fingerprint density at radius 2 is 1.73 bits per heavy atom. The average Bonchev–Trinajstić information content (AvgIpc) is 2.47. The zero-order chi connectivity index (χ0) is 11.0. The van der Waals surface area contributed by atoms with Gasteiger partial charge in [0.15, 0.2) is 5.82 Å². The molecule has 2 aromatic rings. The number of anilines is 1. The minimum absolute atomic E-state index is 0.708. The highest BCUT2D eigenvalue weighted by atomic mass is 15.3. The van der Waals surface area contributed by atoms with Gasteiger partial charge in [0.1, 0.15) is 0 Å². The molecule has 5 nitrogen and oxygen atoms in total. The third kappa shape index (κ3) is 1.45. The van der Waals surface area contributed by atoms with Crippen LogP contribution in [0.3, 0.4) is 0 Å². The lowest BCUT2D eigenvalue weighted by Gasteiger charge is -2.04. The molecule has 0 amide bonds. The van der Waals surface area contributed by atoms with Crippen LogP contribution in [0.1, 0.15) is 17.1 Å². The van der Waals surface area contributed by atoms with Gasteiger partial charge in [0.2, 0.25) is 0 Å². The summed E-state index contributed by atoms with van der Waals surface area (Å²) in [7, 11) is 0. The van der Waals surface area contributed by atoms with Gasteiger partial charge in [-0.2, -0.15) is 5.10 Å². The molecule has 2 rings (SSSR count). The van der Waals surface area contributed by atoms with E-state index in [1.54, 1.807) is 17.1 Å². The van der Waals surface area contributed by atoms with E-state index in [9.17, 15) is 0 Å². The van der Waals surface area contributed by atoms with Gasteiger partial charge >= 0.3 is 0 Å². The van der Waals surface area contributed by atoms with Crippen LogP contribution in [0, 0.1) is 20.8 Å². The predicted octanol–water partition coefficient (Wildman–Crippen LogP) is 1.17. The molecule has 2 aromatic heterocycles. The largest absolute Gasteiger partial charge is 0.396 e. The van der Waals surface area contributed by atoms with Crippen molar-refractivity contribution < 1.29 is 0 Å². The highest BCUT2D eigenvalue weighted by Crippen LogP contribution is 2.18.